The van der Waals surface area contributed by atoms with Gasteiger partial charge in [-0.25, -0.2) is 0 Å². The largest absolute Gasteiger partial charge is 0.365 e. The molecule has 0 saturated carbocycles. The molecule has 1 aromatic carbocycles. The van der Waals surface area contributed by atoms with Crippen LogP contribution in [-0.4, -0.2) is 26.5 Å². The lowest BCUT2D eigenvalue weighted by Gasteiger charge is -1.94. The molecular formula is C8H7IN6. The highest BCUT2D eigenvalue weighted by Gasteiger charge is 1.96. The minimum absolute atomic E-state index is 0.164. The average molecular weight is 314 g/mol. The number of hydrogen-bond acceptors (Lipinski definition) is 5. The van der Waals surface area contributed by atoms with Gasteiger partial charge < -0.3 is 5.73 Å². The molecule has 0 fully saturated rings. The van der Waals surface area contributed by atoms with Gasteiger partial charge in [-0.05, 0) is 50.7 Å². The molecule has 0 radical (unpaired) electrons. The number of anilines is 1. The molecule has 0 amide bonds. The van der Waals surface area contributed by atoms with E-state index in [1.54, 1.807) is 6.21 Å². The summed E-state index contributed by atoms with van der Waals surface area (Å²) in [6.07, 6.45) is 1.65. The number of hydrogen-bond donors (Lipinski definition) is 1. The minimum Gasteiger partial charge on any atom is -0.365 e. The molecule has 0 atom stereocenters. The van der Waals surface area contributed by atoms with Crippen LogP contribution in [0.15, 0.2) is 29.4 Å². The standard InChI is InChI=1S/C8H7IN6/c9-7-3-1-2-6(4-7)5-11-15-8(10)12-13-14-15/h1-5H,(H2,10,12,14). The molecule has 1 aromatic heterocycles. The van der Waals surface area contributed by atoms with Crippen LogP contribution >= 0.6 is 22.6 Å². The van der Waals surface area contributed by atoms with Gasteiger partial charge in [0.05, 0.1) is 6.21 Å². The molecule has 1 heterocycles. The van der Waals surface area contributed by atoms with Gasteiger partial charge >= 0.3 is 0 Å². The van der Waals surface area contributed by atoms with Crippen molar-refractivity contribution >= 4 is 34.8 Å². The third-order valence-electron chi connectivity index (χ3n) is 1.64. The lowest BCUT2D eigenvalue weighted by atomic mass is 10.2. The predicted molar refractivity (Wildman–Crippen MR) is 64.4 cm³/mol. The Kier molecular flexibility index (Phi) is 2.90. The highest BCUT2D eigenvalue weighted by molar-refractivity contribution is 14.1. The molecule has 7 heteroatoms. The molecule has 0 aliphatic carbocycles. The maximum absolute atomic E-state index is 5.45. The van der Waals surface area contributed by atoms with Crippen LogP contribution < -0.4 is 5.73 Å². The van der Waals surface area contributed by atoms with Crippen molar-refractivity contribution in [2.24, 2.45) is 5.10 Å². The van der Waals surface area contributed by atoms with E-state index < -0.39 is 0 Å². The summed E-state index contributed by atoms with van der Waals surface area (Å²) in [5.74, 6) is 0.164. The molecule has 2 N–H and O–H groups in total. The van der Waals surface area contributed by atoms with Gasteiger partial charge in [-0.15, -0.1) is 0 Å². The number of rotatable bonds is 2. The van der Waals surface area contributed by atoms with Crippen LogP contribution in [0.25, 0.3) is 0 Å². The Morgan fingerprint density at radius 3 is 3.00 bits per heavy atom. The highest BCUT2D eigenvalue weighted by atomic mass is 127. The fourth-order valence-electron chi connectivity index (χ4n) is 0.980. The zero-order valence-corrected chi connectivity index (χ0v) is 9.74. The molecule has 0 saturated heterocycles. The van der Waals surface area contributed by atoms with Crippen molar-refractivity contribution in [2.75, 3.05) is 5.73 Å². The monoisotopic (exact) mass is 314 g/mol. The molecule has 0 spiro atoms. The number of halogens is 1. The summed E-state index contributed by atoms with van der Waals surface area (Å²) in [5, 5.41) is 14.5. The van der Waals surface area contributed by atoms with Crippen molar-refractivity contribution in [1.29, 1.82) is 0 Å². The summed E-state index contributed by atoms with van der Waals surface area (Å²) in [6.45, 7) is 0. The van der Waals surface area contributed by atoms with Crippen molar-refractivity contribution in [3.63, 3.8) is 0 Å². The van der Waals surface area contributed by atoms with Gasteiger partial charge in [0.25, 0.3) is 5.95 Å². The van der Waals surface area contributed by atoms with Gasteiger partial charge in [0.15, 0.2) is 0 Å². The number of nitrogens with two attached hydrogens (primary N) is 1. The molecule has 0 bridgehead atoms. The minimum atomic E-state index is 0.164. The van der Waals surface area contributed by atoms with E-state index in [9.17, 15) is 0 Å². The van der Waals surface area contributed by atoms with E-state index >= 15 is 0 Å². The SMILES string of the molecule is Nc1nnnn1N=Cc1cccc(I)c1. The van der Waals surface area contributed by atoms with E-state index in [1.807, 2.05) is 24.3 Å². The normalized spacial score (nSPS) is 11.0. The first-order valence-corrected chi connectivity index (χ1v) is 5.17. The molecule has 76 valence electrons. The summed E-state index contributed by atoms with van der Waals surface area (Å²) in [4.78, 5) is 1.17. The molecule has 15 heavy (non-hydrogen) atoms. The second kappa shape index (κ2) is 4.34. The Morgan fingerprint density at radius 2 is 2.33 bits per heavy atom. The molecule has 2 aromatic rings. The Morgan fingerprint density at radius 1 is 1.47 bits per heavy atom. The predicted octanol–water partition coefficient (Wildman–Crippen LogP) is 0.742. The second-order valence-corrected chi connectivity index (χ2v) is 3.97. The molecule has 0 unspecified atom stereocenters. The second-order valence-electron chi connectivity index (χ2n) is 2.73. The first-order chi connectivity index (χ1) is 7.25. The Balaban J connectivity index is 2.22. The van der Waals surface area contributed by atoms with Crippen molar-refractivity contribution in [3.05, 3.63) is 33.4 Å². The fraction of sp³-hybridized carbons (Fsp3) is 0. The zero-order valence-electron chi connectivity index (χ0n) is 7.58. The number of nitrogen functional groups attached to an aromatic ring is 1. The molecule has 6 nitrogen and oxygen atoms in total. The Labute approximate surface area is 99.3 Å². The van der Waals surface area contributed by atoms with Crippen LogP contribution in [0.2, 0.25) is 0 Å². The van der Waals surface area contributed by atoms with Gasteiger partial charge in [0, 0.05) is 3.57 Å². The van der Waals surface area contributed by atoms with E-state index in [0.717, 1.165) is 9.13 Å². The van der Waals surface area contributed by atoms with E-state index in [-0.39, 0.29) is 5.95 Å². The molecule has 0 aliphatic rings. The van der Waals surface area contributed by atoms with Crippen molar-refractivity contribution in [3.8, 4) is 0 Å². The number of nitrogens with zero attached hydrogens (tertiary/aromatic N) is 5. The van der Waals surface area contributed by atoms with E-state index in [1.165, 1.54) is 4.79 Å². The number of benzene rings is 1. The van der Waals surface area contributed by atoms with E-state index in [0.29, 0.717) is 0 Å². The number of aromatic nitrogens is 4. The average Bonchev–Trinajstić information content (AvgIpc) is 2.61. The van der Waals surface area contributed by atoms with Gasteiger partial charge in [0.1, 0.15) is 0 Å². The third-order valence-corrected chi connectivity index (χ3v) is 2.31. The lowest BCUT2D eigenvalue weighted by Crippen LogP contribution is -1.99. The van der Waals surface area contributed by atoms with Crippen LogP contribution in [0, 0.1) is 3.57 Å². The van der Waals surface area contributed by atoms with Crippen molar-refractivity contribution in [1.82, 2.24) is 20.3 Å². The summed E-state index contributed by atoms with van der Waals surface area (Å²) in [6, 6.07) is 7.88. The van der Waals surface area contributed by atoms with Gasteiger partial charge in [0.2, 0.25) is 0 Å². The van der Waals surface area contributed by atoms with Crippen LogP contribution in [-0.2, 0) is 0 Å². The third kappa shape index (κ3) is 2.49. The van der Waals surface area contributed by atoms with Crippen LogP contribution in [0.4, 0.5) is 5.95 Å². The topological polar surface area (TPSA) is 82.0 Å². The van der Waals surface area contributed by atoms with Crippen LogP contribution in [0.5, 0.6) is 0 Å². The van der Waals surface area contributed by atoms with Crippen molar-refractivity contribution < 1.29 is 0 Å². The Hall–Kier alpha value is -1.51. The van der Waals surface area contributed by atoms with Gasteiger partial charge in [-0.1, -0.05) is 22.0 Å². The Bertz CT molecular complexity index is 491. The summed E-state index contributed by atoms with van der Waals surface area (Å²) in [5.41, 5.74) is 6.42. The maximum atomic E-state index is 5.45. The molecular weight excluding hydrogens is 307 g/mol. The van der Waals surface area contributed by atoms with E-state index in [2.05, 4.69) is 43.2 Å². The highest BCUT2D eigenvalue weighted by Crippen LogP contribution is 2.05. The van der Waals surface area contributed by atoms with Gasteiger partial charge in [-0.3, -0.25) is 0 Å². The molecule has 2 rings (SSSR count). The summed E-state index contributed by atoms with van der Waals surface area (Å²) in [7, 11) is 0. The summed E-state index contributed by atoms with van der Waals surface area (Å²) >= 11 is 2.23. The van der Waals surface area contributed by atoms with Crippen LogP contribution in [0.3, 0.4) is 0 Å². The maximum Gasteiger partial charge on any atom is 0.263 e. The van der Waals surface area contributed by atoms with Crippen molar-refractivity contribution in [2.45, 2.75) is 0 Å². The first kappa shape index (κ1) is 10.0. The first-order valence-electron chi connectivity index (χ1n) is 4.09. The lowest BCUT2D eigenvalue weighted by molar-refractivity contribution is 0.699. The quantitative estimate of drug-likeness (QED) is 0.655. The smallest absolute Gasteiger partial charge is 0.263 e. The van der Waals surface area contributed by atoms with Gasteiger partial charge in [-0.2, -0.15) is 5.10 Å². The summed E-state index contributed by atoms with van der Waals surface area (Å²) < 4.78 is 1.14. The number of tetrazole rings is 1. The van der Waals surface area contributed by atoms with E-state index in [4.69, 9.17) is 5.73 Å². The molecule has 0 aliphatic heterocycles. The zero-order chi connectivity index (χ0) is 10.7. The fourth-order valence-corrected chi connectivity index (χ4v) is 1.55. The van der Waals surface area contributed by atoms with Crippen LogP contribution in [0.1, 0.15) is 5.56 Å².